The predicted molar refractivity (Wildman–Crippen MR) is 71.2 cm³/mol. The first kappa shape index (κ1) is 12.7. The molecule has 1 aliphatic carbocycles. The van der Waals surface area contributed by atoms with Gasteiger partial charge in [0.25, 0.3) is 0 Å². The second-order valence-electron chi connectivity index (χ2n) is 4.97. The summed E-state index contributed by atoms with van der Waals surface area (Å²) in [6, 6.07) is 0.823. The topological polar surface area (TPSA) is 21.3 Å². The summed E-state index contributed by atoms with van der Waals surface area (Å²) >= 11 is 2.14. The average molecular weight is 243 g/mol. The minimum absolute atomic E-state index is 0.823. The number of hydrogen-bond acceptors (Lipinski definition) is 3. The summed E-state index contributed by atoms with van der Waals surface area (Å²) in [4.78, 5) is 0. The van der Waals surface area contributed by atoms with Crippen molar-refractivity contribution in [2.75, 3.05) is 25.5 Å². The van der Waals surface area contributed by atoms with E-state index in [1.807, 2.05) is 0 Å². The number of hydrogen-bond donors (Lipinski definition) is 1. The van der Waals surface area contributed by atoms with E-state index in [2.05, 4.69) is 17.1 Å². The molecule has 0 aromatic rings. The van der Waals surface area contributed by atoms with Gasteiger partial charge < -0.3 is 10.1 Å². The zero-order valence-corrected chi connectivity index (χ0v) is 11.1. The van der Waals surface area contributed by atoms with Crippen molar-refractivity contribution in [2.24, 2.45) is 0 Å². The fourth-order valence-electron chi connectivity index (χ4n) is 2.64. The molecule has 1 N–H and O–H groups in total. The lowest BCUT2D eigenvalue weighted by atomic mass is 9.96. The van der Waals surface area contributed by atoms with Gasteiger partial charge >= 0.3 is 0 Å². The van der Waals surface area contributed by atoms with Gasteiger partial charge in [-0.15, -0.1) is 0 Å². The van der Waals surface area contributed by atoms with Crippen LogP contribution in [0, 0.1) is 0 Å². The van der Waals surface area contributed by atoms with Gasteiger partial charge in [-0.2, -0.15) is 11.8 Å². The Kier molecular flexibility index (Phi) is 6.02. The Balaban J connectivity index is 1.47. The Labute approximate surface area is 104 Å². The highest BCUT2D eigenvalue weighted by Gasteiger charge is 2.15. The molecule has 2 rings (SSSR count). The monoisotopic (exact) mass is 243 g/mol. The fourth-order valence-corrected chi connectivity index (χ4v) is 3.73. The van der Waals surface area contributed by atoms with Crippen molar-refractivity contribution in [3.63, 3.8) is 0 Å². The van der Waals surface area contributed by atoms with Crippen LogP contribution < -0.4 is 5.32 Å². The predicted octanol–water partition coefficient (Wildman–Crippen LogP) is 2.82. The molecule has 94 valence electrons. The molecule has 1 aliphatic heterocycles. The van der Waals surface area contributed by atoms with Gasteiger partial charge in [-0.05, 0) is 25.7 Å². The number of nitrogens with one attached hydrogen (secondary N) is 1. The van der Waals surface area contributed by atoms with Crippen molar-refractivity contribution >= 4 is 11.8 Å². The smallest absolute Gasteiger partial charge is 0.0476 e. The Morgan fingerprint density at radius 3 is 2.50 bits per heavy atom. The quantitative estimate of drug-likeness (QED) is 0.750. The third kappa shape index (κ3) is 4.64. The van der Waals surface area contributed by atoms with E-state index < -0.39 is 0 Å². The summed E-state index contributed by atoms with van der Waals surface area (Å²) in [5.74, 6) is 1.28. The molecule has 0 radical (unpaired) electrons. The van der Waals surface area contributed by atoms with Crippen LogP contribution in [0.15, 0.2) is 0 Å². The van der Waals surface area contributed by atoms with Crippen molar-refractivity contribution in [1.82, 2.24) is 5.32 Å². The number of rotatable bonds is 5. The standard InChI is InChI=1S/C13H25NOS/c1-2-4-12(5-3-1)14-8-11-16-13-6-9-15-10-7-13/h12-14H,1-11H2. The highest BCUT2D eigenvalue weighted by Crippen LogP contribution is 2.22. The summed E-state index contributed by atoms with van der Waals surface area (Å²) < 4.78 is 5.37. The zero-order chi connectivity index (χ0) is 11.1. The Hall–Kier alpha value is 0.270. The highest BCUT2D eigenvalue weighted by atomic mass is 32.2. The zero-order valence-electron chi connectivity index (χ0n) is 10.2. The van der Waals surface area contributed by atoms with Gasteiger partial charge in [0.1, 0.15) is 0 Å². The molecule has 1 heterocycles. The normalized spacial score (nSPS) is 24.8. The lowest BCUT2D eigenvalue weighted by Crippen LogP contribution is -2.33. The van der Waals surface area contributed by atoms with Crippen LogP contribution in [-0.4, -0.2) is 36.8 Å². The molecule has 0 unspecified atom stereocenters. The molecule has 0 spiro atoms. The largest absolute Gasteiger partial charge is 0.381 e. The van der Waals surface area contributed by atoms with Crippen molar-refractivity contribution in [3.8, 4) is 0 Å². The maximum absolute atomic E-state index is 5.37. The third-order valence-electron chi connectivity index (χ3n) is 3.66. The van der Waals surface area contributed by atoms with Gasteiger partial charge in [0.2, 0.25) is 0 Å². The van der Waals surface area contributed by atoms with E-state index in [0.29, 0.717) is 0 Å². The van der Waals surface area contributed by atoms with Crippen LogP contribution in [0.25, 0.3) is 0 Å². The minimum atomic E-state index is 0.823. The first-order chi connectivity index (χ1) is 7.95. The molecule has 0 aromatic carbocycles. The number of ether oxygens (including phenoxy) is 1. The van der Waals surface area contributed by atoms with Crippen molar-refractivity contribution < 1.29 is 4.74 Å². The van der Waals surface area contributed by atoms with E-state index >= 15 is 0 Å². The van der Waals surface area contributed by atoms with Gasteiger partial charge in [0.15, 0.2) is 0 Å². The summed E-state index contributed by atoms with van der Waals surface area (Å²) in [6.45, 7) is 3.16. The van der Waals surface area contributed by atoms with Crippen LogP contribution in [0.2, 0.25) is 0 Å². The van der Waals surface area contributed by atoms with E-state index in [1.165, 1.54) is 57.2 Å². The lowest BCUT2D eigenvalue weighted by Gasteiger charge is -2.24. The molecular formula is C13H25NOS. The van der Waals surface area contributed by atoms with Crippen LogP contribution in [0.3, 0.4) is 0 Å². The van der Waals surface area contributed by atoms with E-state index in [9.17, 15) is 0 Å². The molecule has 0 amide bonds. The first-order valence-electron chi connectivity index (χ1n) is 6.88. The Morgan fingerprint density at radius 2 is 1.75 bits per heavy atom. The van der Waals surface area contributed by atoms with Gasteiger partial charge in [-0.1, -0.05) is 19.3 Å². The maximum atomic E-state index is 5.37. The second kappa shape index (κ2) is 7.57. The third-order valence-corrected chi connectivity index (χ3v) is 5.04. The molecule has 1 saturated carbocycles. The second-order valence-corrected chi connectivity index (χ2v) is 6.38. The van der Waals surface area contributed by atoms with Gasteiger partial charge in [0, 0.05) is 36.8 Å². The van der Waals surface area contributed by atoms with Crippen LogP contribution in [0.1, 0.15) is 44.9 Å². The SMILES string of the molecule is C1CCC(NCCSC2CCOCC2)CC1. The van der Waals surface area contributed by atoms with Crippen LogP contribution in [0.4, 0.5) is 0 Å². The van der Waals surface area contributed by atoms with Crippen molar-refractivity contribution in [2.45, 2.75) is 56.2 Å². The molecule has 2 nitrogen and oxygen atoms in total. The van der Waals surface area contributed by atoms with Crippen LogP contribution in [-0.2, 0) is 4.74 Å². The van der Waals surface area contributed by atoms with E-state index in [-0.39, 0.29) is 0 Å². The fraction of sp³-hybridized carbons (Fsp3) is 1.00. The first-order valence-corrected chi connectivity index (χ1v) is 7.93. The van der Waals surface area contributed by atoms with Gasteiger partial charge in [0.05, 0.1) is 0 Å². The Morgan fingerprint density at radius 1 is 1.00 bits per heavy atom. The highest BCUT2D eigenvalue weighted by molar-refractivity contribution is 7.99. The summed E-state index contributed by atoms with van der Waals surface area (Å²) in [5, 5.41) is 4.57. The molecule has 3 heteroatoms. The lowest BCUT2D eigenvalue weighted by molar-refractivity contribution is 0.100. The minimum Gasteiger partial charge on any atom is -0.381 e. The summed E-state index contributed by atoms with van der Waals surface area (Å²) in [5.41, 5.74) is 0. The summed E-state index contributed by atoms with van der Waals surface area (Å²) in [6.07, 6.45) is 9.65. The molecular weight excluding hydrogens is 218 g/mol. The molecule has 2 fully saturated rings. The van der Waals surface area contributed by atoms with Crippen molar-refractivity contribution in [1.29, 1.82) is 0 Å². The molecule has 0 atom stereocenters. The average Bonchev–Trinajstić information content (AvgIpc) is 2.37. The maximum Gasteiger partial charge on any atom is 0.0476 e. The van der Waals surface area contributed by atoms with Crippen molar-refractivity contribution in [3.05, 3.63) is 0 Å². The van der Waals surface area contributed by atoms with E-state index in [1.54, 1.807) is 0 Å². The van der Waals surface area contributed by atoms with Crippen LogP contribution >= 0.6 is 11.8 Å². The van der Waals surface area contributed by atoms with Crippen LogP contribution in [0.5, 0.6) is 0 Å². The molecule has 0 bridgehead atoms. The van der Waals surface area contributed by atoms with E-state index in [4.69, 9.17) is 4.74 Å². The molecule has 1 saturated heterocycles. The molecule has 16 heavy (non-hydrogen) atoms. The molecule has 2 aliphatic rings. The Bertz CT molecular complexity index is 157. The van der Waals surface area contributed by atoms with E-state index in [0.717, 1.165) is 24.5 Å². The summed E-state index contributed by atoms with van der Waals surface area (Å²) in [7, 11) is 0. The van der Waals surface area contributed by atoms with Gasteiger partial charge in [-0.3, -0.25) is 0 Å². The van der Waals surface area contributed by atoms with Gasteiger partial charge in [-0.25, -0.2) is 0 Å². The molecule has 0 aromatic heterocycles. The number of thioether (sulfide) groups is 1.